The lowest BCUT2D eigenvalue weighted by Gasteiger charge is -2.08. The van der Waals surface area contributed by atoms with Gasteiger partial charge in [0.05, 0.1) is 24.8 Å². The lowest BCUT2D eigenvalue weighted by Crippen LogP contribution is -2.14. The minimum Gasteiger partial charge on any atom is -0.465 e. The van der Waals surface area contributed by atoms with Gasteiger partial charge in [0.1, 0.15) is 29.1 Å². The molecule has 0 amide bonds. The molecule has 160 valence electrons. The van der Waals surface area contributed by atoms with Crippen molar-refractivity contribution in [1.82, 2.24) is 4.57 Å². The smallest absolute Gasteiger partial charge is 0.348 e. The third-order valence-corrected chi connectivity index (χ3v) is 5.52. The van der Waals surface area contributed by atoms with Crippen LogP contribution in [0.2, 0.25) is 0 Å². The van der Waals surface area contributed by atoms with Gasteiger partial charge in [0.25, 0.3) is 0 Å². The van der Waals surface area contributed by atoms with Crippen molar-refractivity contribution in [3.05, 3.63) is 52.0 Å². The largest absolute Gasteiger partial charge is 0.465 e. The molecule has 0 radical (unpaired) electrons. The number of nitrogens with two attached hydrogens (primary N) is 1. The standard InChI is InChI=1S/C21H19N3O6S/c1-3-29-21(27)18-15(13(8-22)19(23)31-18)11-30-17(25)10-24-9-14(20(26)28-2)12-6-4-5-7-16(12)24/h4-7,9H,3,10-11,23H2,1-2H3. The molecule has 0 aliphatic heterocycles. The Morgan fingerprint density at radius 3 is 2.61 bits per heavy atom. The average molecular weight is 441 g/mol. The van der Waals surface area contributed by atoms with E-state index in [2.05, 4.69) is 0 Å². The minimum absolute atomic E-state index is 0.0836. The summed E-state index contributed by atoms with van der Waals surface area (Å²) < 4.78 is 16.7. The van der Waals surface area contributed by atoms with Gasteiger partial charge in [0.15, 0.2) is 0 Å². The lowest BCUT2D eigenvalue weighted by molar-refractivity contribution is -0.145. The maximum atomic E-state index is 12.5. The van der Waals surface area contributed by atoms with E-state index in [1.165, 1.54) is 13.3 Å². The molecular formula is C21H19N3O6S. The Balaban J connectivity index is 1.81. The number of thiophene rings is 1. The molecule has 0 aliphatic carbocycles. The van der Waals surface area contributed by atoms with Gasteiger partial charge >= 0.3 is 17.9 Å². The van der Waals surface area contributed by atoms with Crippen molar-refractivity contribution in [3.63, 3.8) is 0 Å². The summed E-state index contributed by atoms with van der Waals surface area (Å²) in [5.74, 6) is -1.78. The highest BCUT2D eigenvalue weighted by Gasteiger charge is 2.24. The quantitative estimate of drug-likeness (QED) is 0.437. The number of carbonyl (C=O) groups is 3. The molecule has 2 heterocycles. The fraction of sp³-hybridized carbons (Fsp3) is 0.238. The number of aromatic nitrogens is 1. The van der Waals surface area contributed by atoms with Gasteiger partial charge in [-0.05, 0) is 13.0 Å². The number of rotatable bonds is 7. The van der Waals surface area contributed by atoms with E-state index in [1.807, 2.05) is 6.07 Å². The van der Waals surface area contributed by atoms with E-state index in [0.29, 0.717) is 16.5 Å². The van der Waals surface area contributed by atoms with Crippen LogP contribution < -0.4 is 5.73 Å². The van der Waals surface area contributed by atoms with Gasteiger partial charge in [-0.15, -0.1) is 11.3 Å². The Hall–Kier alpha value is -3.84. The summed E-state index contributed by atoms with van der Waals surface area (Å²) in [6, 6.07) is 9.01. The van der Waals surface area contributed by atoms with Gasteiger partial charge in [0.2, 0.25) is 0 Å². The number of hydrogen-bond donors (Lipinski definition) is 1. The van der Waals surface area contributed by atoms with Gasteiger partial charge < -0.3 is 24.5 Å². The predicted molar refractivity (Wildman–Crippen MR) is 112 cm³/mol. The Morgan fingerprint density at radius 2 is 1.94 bits per heavy atom. The number of para-hydroxylation sites is 1. The van der Waals surface area contributed by atoms with Crippen molar-refractivity contribution < 1.29 is 28.6 Å². The van der Waals surface area contributed by atoms with E-state index < -0.39 is 17.9 Å². The molecule has 3 aromatic rings. The molecule has 0 spiro atoms. The summed E-state index contributed by atoms with van der Waals surface area (Å²) in [6.07, 6.45) is 1.52. The molecular weight excluding hydrogens is 422 g/mol. The topological polar surface area (TPSA) is 134 Å². The molecule has 0 bridgehead atoms. The molecule has 0 saturated heterocycles. The van der Waals surface area contributed by atoms with Crippen LogP contribution in [-0.2, 0) is 32.2 Å². The monoisotopic (exact) mass is 441 g/mol. The molecule has 3 rings (SSSR count). The number of hydrogen-bond acceptors (Lipinski definition) is 9. The van der Waals surface area contributed by atoms with Crippen LogP contribution in [0.15, 0.2) is 30.5 Å². The maximum absolute atomic E-state index is 12.5. The third kappa shape index (κ3) is 4.36. The third-order valence-electron chi connectivity index (χ3n) is 4.48. The molecule has 2 aromatic heterocycles. The number of carbonyl (C=O) groups excluding carboxylic acids is 3. The minimum atomic E-state index is -0.633. The molecule has 0 saturated carbocycles. The summed E-state index contributed by atoms with van der Waals surface area (Å²) in [5, 5.41) is 10.1. The van der Waals surface area contributed by atoms with Crippen molar-refractivity contribution in [2.75, 3.05) is 19.5 Å². The van der Waals surface area contributed by atoms with Crippen LogP contribution in [0.25, 0.3) is 10.9 Å². The summed E-state index contributed by atoms with van der Waals surface area (Å²) in [7, 11) is 1.28. The zero-order chi connectivity index (χ0) is 22.5. The highest BCUT2D eigenvalue weighted by molar-refractivity contribution is 7.18. The van der Waals surface area contributed by atoms with Crippen LogP contribution in [-0.4, -0.2) is 36.2 Å². The van der Waals surface area contributed by atoms with Crippen LogP contribution >= 0.6 is 11.3 Å². The second-order valence-corrected chi connectivity index (χ2v) is 7.37. The number of ether oxygens (including phenoxy) is 3. The SMILES string of the molecule is CCOC(=O)c1sc(N)c(C#N)c1COC(=O)Cn1cc(C(=O)OC)c2ccccc21. The molecule has 0 atom stereocenters. The molecule has 0 aliphatic rings. The van der Waals surface area contributed by atoms with Crippen LogP contribution in [0.4, 0.5) is 5.00 Å². The number of methoxy groups -OCH3 is 1. The fourth-order valence-corrected chi connectivity index (χ4v) is 4.01. The van der Waals surface area contributed by atoms with Crippen LogP contribution in [0.1, 0.15) is 38.1 Å². The van der Waals surface area contributed by atoms with E-state index in [4.69, 9.17) is 19.9 Å². The van der Waals surface area contributed by atoms with E-state index in [-0.39, 0.29) is 40.8 Å². The number of esters is 3. The molecule has 0 fully saturated rings. The number of nitrogens with zero attached hydrogens (tertiary/aromatic N) is 2. The lowest BCUT2D eigenvalue weighted by atomic mass is 10.1. The number of nitrogen functional groups attached to an aromatic ring is 1. The van der Waals surface area contributed by atoms with Gasteiger partial charge in [-0.2, -0.15) is 5.26 Å². The Bertz CT molecular complexity index is 1200. The van der Waals surface area contributed by atoms with E-state index in [9.17, 15) is 19.6 Å². The first-order valence-electron chi connectivity index (χ1n) is 9.21. The molecule has 9 nitrogen and oxygen atoms in total. The first-order chi connectivity index (χ1) is 14.9. The second-order valence-electron chi connectivity index (χ2n) is 6.32. The highest BCUT2D eigenvalue weighted by atomic mass is 32.1. The highest BCUT2D eigenvalue weighted by Crippen LogP contribution is 2.32. The van der Waals surface area contributed by atoms with E-state index >= 15 is 0 Å². The Morgan fingerprint density at radius 1 is 1.19 bits per heavy atom. The molecule has 0 unspecified atom stereocenters. The van der Waals surface area contributed by atoms with Crippen molar-refractivity contribution in [2.45, 2.75) is 20.1 Å². The number of nitriles is 1. The normalized spacial score (nSPS) is 10.5. The summed E-state index contributed by atoms with van der Waals surface area (Å²) >= 11 is 0.913. The molecule has 10 heteroatoms. The van der Waals surface area contributed by atoms with Crippen LogP contribution in [0.5, 0.6) is 0 Å². The Kier molecular flexibility index (Phi) is 6.57. The van der Waals surface area contributed by atoms with E-state index in [0.717, 1.165) is 11.3 Å². The van der Waals surface area contributed by atoms with Gasteiger partial charge in [0, 0.05) is 22.7 Å². The first kappa shape index (κ1) is 21.9. The van der Waals surface area contributed by atoms with E-state index in [1.54, 1.807) is 35.8 Å². The van der Waals surface area contributed by atoms with Crippen molar-refractivity contribution in [1.29, 1.82) is 5.26 Å². The van der Waals surface area contributed by atoms with Gasteiger partial charge in [-0.25, -0.2) is 9.59 Å². The molecule has 1 aromatic carbocycles. The van der Waals surface area contributed by atoms with Crippen LogP contribution in [0, 0.1) is 11.3 Å². The van der Waals surface area contributed by atoms with Crippen molar-refractivity contribution in [3.8, 4) is 6.07 Å². The van der Waals surface area contributed by atoms with Gasteiger partial charge in [-0.3, -0.25) is 4.79 Å². The predicted octanol–water partition coefficient (Wildman–Crippen LogP) is 2.86. The summed E-state index contributed by atoms with van der Waals surface area (Å²) in [6.45, 7) is 1.31. The fourth-order valence-electron chi connectivity index (χ4n) is 3.09. The van der Waals surface area contributed by atoms with Crippen molar-refractivity contribution in [2.24, 2.45) is 0 Å². The molecule has 31 heavy (non-hydrogen) atoms. The first-order valence-corrected chi connectivity index (χ1v) is 10.0. The number of benzene rings is 1. The number of fused-ring (bicyclic) bond motifs is 1. The van der Waals surface area contributed by atoms with Crippen LogP contribution in [0.3, 0.4) is 0 Å². The second kappa shape index (κ2) is 9.32. The Labute approximate surface area is 181 Å². The van der Waals surface area contributed by atoms with Gasteiger partial charge in [-0.1, -0.05) is 18.2 Å². The molecule has 2 N–H and O–H groups in total. The average Bonchev–Trinajstić information content (AvgIpc) is 3.29. The van der Waals surface area contributed by atoms with Crippen molar-refractivity contribution >= 4 is 45.1 Å². The zero-order valence-corrected chi connectivity index (χ0v) is 17.7. The summed E-state index contributed by atoms with van der Waals surface area (Å²) in [5.41, 5.74) is 7.10. The number of anilines is 1. The summed E-state index contributed by atoms with van der Waals surface area (Å²) in [4.78, 5) is 36.8. The zero-order valence-electron chi connectivity index (χ0n) is 16.8. The maximum Gasteiger partial charge on any atom is 0.348 e.